The molecule has 0 heterocycles. The summed E-state index contributed by atoms with van der Waals surface area (Å²) < 4.78 is 0. The molecule has 2 amide bonds. The topological polar surface area (TPSA) is 49.4 Å². The van der Waals surface area contributed by atoms with Gasteiger partial charge in [-0.3, -0.25) is 9.59 Å². The molecule has 1 atom stereocenters. The molecule has 4 nitrogen and oxygen atoms in total. The van der Waals surface area contributed by atoms with Crippen molar-refractivity contribution in [2.45, 2.75) is 59.0 Å². The Bertz CT molecular complexity index is 1020. The molecule has 0 aliphatic rings. The number of carbonyl (C=O) groups excluding carboxylic acids is 2. The van der Waals surface area contributed by atoms with Crippen molar-refractivity contribution in [3.05, 3.63) is 107 Å². The first-order valence-electron chi connectivity index (χ1n) is 12.6. The average molecular weight is 471 g/mol. The fourth-order valence-electron chi connectivity index (χ4n) is 4.32. The lowest BCUT2D eigenvalue weighted by Crippen LogP contribution is -2.49. The number of nitrogens with zero attached hydrogens (tertiary/aromatic N) is 1. The molecule has 0 spiro atoms. The molecule has 4 heteroatoms. The van der Waals surface area contributed by atoms with Gasteiger partial charge in [0.15, 0.2) is 0 Å². The lowest BCUT2D eigenvalue weighted by Gasteiger charge is -2.32. The molecule has 0 unspecified atom stereocenters. The third kappa shape index (κ3) is 7.54. The summed E-state index contributed by atoms with van der Waals surface area (Å²) in [5, 5.41) is 3.05. The quantitative estimate of drug-likeness (QED) is 0.368. The second-order valence-corrected chi connectivity index (χ2v) is 9.65. The molecule has 0 bridgehead atoms. The van der Waals surface area contributed by atoms with Crippen molar-refractivity contribution in [2.24, 2.45) is 5.92 Å². The van der Waals surface area contributed by atoms with Gasteiger partial charge in [-0.2, -0.15) is 0 Å². The number of amides is 2. The molecule has 3 aromatic carbocycles. The number of carbonyl (C=O) groups is 2. The van der Waals surface area contributed by atoms with E-state index in [0.717, 1.165) is 16.7 Å². The average Bonchev–Trinajstić information content (AvgIpc) is 2.88. The van der Waals surface area contributed by atoms with Crippen LogP contribution in [-0.4, -0.2) is 29.3 Å². The molecule has 0 fully saturated rings. The number of benzene rings is 3. The van der Waals surface area contributed by atoms with Gasteiger partial charge >= 0.3 is 0 Å². The zero-order valence-electron chi connectivity index (χ0n) is 21.4. The summed E-state index contributed by atoms with van der Waals surface area (Å²) in [5.41, 5.74) is 4.39. The molecule has 184 valence electrons. The van der Waals surface area contributed by atoms with Gasteiger partial charge in [-0.25, -0.2) is 0 Å². The van der Waals surface area contributed by atoms with Crippen LogP contribution in [0, 0.1) is 12.8 Å². The van der Waals surface area contributed by atoms with E-state index in [2.05, 4.69) is 55.6 Å². The van der Waals surface area contributed by atoms with Crippen molar-refractivity contribution >= 4 is 11.8 Å². The van der Waals surface area contributed by atoms with E-state index in [9.17, 15) is 9.59 Å². The summed E-state index contributed by atoms with van der Waals surface area (Å²) in [7, 11) is 0. The molecule has 3 rings (SSSR count). The van der Waals surface area contributed by atoms with Crippen LogP contribution in [0.5, 0.6) is 0 Å². The van der Waals surface area contributed by atoms with Gasteiger partial charge in [-0.1, -0.05) is 111 Å². The van der Waals surface area contributed by atoms with E-state index < -0.39 is 6.04 Å². The van der Waals surface area contributed by atoms with E-state index in [0.29, 0.717) is 31.8 Å². The highest BCUT2D eigenvalue weighted by atomic mass is 16.2. The number of hydrogen-bond acceptors (Lipinski definition) is 2. The van der Waals surface area contributed by atoms with Crippen molar-refractivity contribution in [2.75, 3.05) is 6.54 Å². The second kappa shape index (κ2) is 12.9. The van der Waals surface area contributed by atoms with E-state index in [-0.39, 0.29) is 17.7 Å². The van der Waals surface area contributed by atoms with Gasteiger partial charge in [0.2, 0.25) is 11.8 Å². The van der Waals surface area contributed by atoms with Gasteiger partial charge < -0.3 is 10.2 Å². The number of nitrogens with one attached hydrogen (secondary N) is 1. The molecule has 1 N–H and O–H groups in total. The molecule has 0 radical (unpaired) electrons. The lowest BCUT2D eigenvalue weighted by atomic mass is 9.88. The third-order valence-corrected chi connectivity index (χ3v) is 6.33. The molecular formula is C31H38N2O2. The van der Waals surface area contributed by atoms with Gasteiger partial charge in [-0.15, -0.1) is 0 Å². The maximum absolute atomic E-state index is 14.0. The van der Waals surface area contributed by atoms with Crippen LogP contribution in [0.3, 0.4) is 0 Å². The smallest absolute Gasteiger partial charge is 0.242 e. The van der Waals surface area contributed by atoms with Crippen molar-refractivity contribution in [3.63, 3.8) is 0 Å². The minimum atomic E-state index is -0.519. The van der Waals surface area contributed by atoms with Gasteiger partial charge in [0.1, 0.15) is 6.04 Å². The predicted molar refractivity (Wildman–Crippen MR) is 143 cm³/mol. The molecule has 0 aromatic heterocycles. The van der Waals surface area contributed by atoms with E-state index >= 15 is 0 Å². The minimum absolute atomic E-state index is 0.0187. The van der Waals surface area contributed by atoms with Gasteiger partial charge in [0.25, 0.3) is 0 Å². The maximum atomic E-state index is 14.0. The largest absolute Gasteiger partial charge is 0.354 e. The van der Waals surface area contributed by atoms with Crippen molar-refractivity contribution < 1.29 is 9.59 Å². The maximum Gasteiger partial charge on any atom is 0.242 e. The standard InChI is InChI=1S/C31H38N2O2/c1-5-29(31(35)32-21-23(2)3)33(22-25-18-16-24(4)17-19-25)30(34)20-28(26-12-8-6-9-13-26)27-14-10-7-11-15-27/h6-19,23,28-29H,5,20-22H2,1-4H3,(H,32,35)/t29-/m1/s1. The van der Waals surface area contributed by atoms with Gasteiger partial charge in [0.05, 0.1) is 0 Å². The SMILES string of the molecule is CC[C@H](C(=O)NCC(C)C)N(Cc1ccc(C)cc1)C(=O)CC(c1ccccc1)c1ccccc1. The van der Waals surface area contributed by atoms with E-state index in [1.54, 1.807) is 4.90 Å². The number of aryl methyl sites for hydroxylation is 1. The molecular weight excluding hydrogens is 432 g/mol. The molecule has 35 heavy (non-hydrogen) atoms. The third-order valence-electron chi connectivity index (χ3n) is 6.33. The Morgan fingerprint density at radius 1 is 0.829 bits per heavy atom. The normalized spacial score (nSPS) is 11.9. The van der Waals surface area contributed by atoms with Crippen LogP contribution in [0.4, 0.5) is 0 Å². The van der Waals surface area contributed by atoms with E-state index in [1.165, 1.54) is 5.56 Å². The first-order valence-corrected chi connectivity index (χ1v) is 12.6. The zero-order valence-corrected chi connectivity index (χ0v) is 21.4. The fraction of sp³-hybridized carbons (Fsp3) is 0.355. The second-order valence-electron chi connectivity index (χ2n) is 9.65. The Morgan fingerprint density at radius 2 is 1.37 bits per heavy atom. The molecule has 0 aliphatic carbocycles. The Balaban J connectivity index is 1.92. The van der Waals surface area contributed by atoms with Crippen LogP contribution in [0.1, 0.15) is 61.8 Å². The van der Waals surface area contributed by atoms with Gasteiger partial charge in [-0.05, 0) is 36.0 Å². The summed E-state index contributed by atoms with van der Waals surface area (Å²) in [4.78, 5) is 28.9. The Morgan fingerprint density at radius 3 is 1.86 bits per heavy atom. The molecule has 3 aromatic rings. The highest BCUT2D eigenvalue weighted by Crippen LogP contribution is 2.29. The molecule has 0 saturated heterocycles. The first kappa shape index (κ1) is 26.2. The fourth-order valence-corrected chi connectivity index (χ4v) is 4.32. The van der Waals surface area contributed by atoms with Crippen molar-refractivity contribution in [3.8, 4) is 0 Å². The summed E-state index contributed by atoms with van der Waals surface area (Å²) in [6.07, 6.45) is 0.858. The van der Waals surface area contributed by atoms with Crippen molar-refractivity contribution in [1.82, 2.24) is 10.2 Å². The zero-order chi connectivity index (χ0) is 25.2. The summed E-state index contributed by atoms with van der Waals surface area (Å²) in [5.74, 6) is 0.160. The molecule has 0 saturated carbocycles. The highest BCUT2D eigenvalue weighted by molar-refractivity contribution is 5.88. The van der Waals surface area contributed by atoms with Crippen LogP contribution in [0.15, 0.2) is 84.9 Å². The Hall–Kier alpha value is -3.40. The monoisotopic (exact) mass is 470 g/mol. The lowest BCUT2D eigenvalue weighted by molar-refractivity contribution is -0.141. The molecule has 0 aliphatic heterocycles. The Labute approximate surface area is 210 Å². The van der Waals surface area contributed by atoms with Crippen LogP contribution < -0.4 is 5.32 Å². The van der Waals surface area contributed by atoms with Crippen LogP contribution >= 0.6 is 0 Å². The number of hydrogen-bond donors (Lipinski definition) is 1. The summed E-state index contributed by atoms with van der Waals surface area (Å²) >= 11 is 0. The van der Waals surface area contributed by atoms with Crippen molar-refractivity contribution in [1.29, 1.82) is 0 Å². The van der Waals surface area contributed by atoms with Crippen LogP contribution in [-0.2, 0) is 16.1 Å². The van der Waals surface area contributed by atoms with Gasteiger partial charge in [0, 0.05) is 25.4 Å². The minimum Gasteiger partial charge on any atom is -0.354 e. The predicted octanol–water partition coefficient (Wildman–Crippen LogP) is 6.10. The van der Waals surface area contributed by atoms with E-state index in [1.807, 2.05) is 62.4 Å². The number of rotatable bonds is 11. The summed E-state index contributed by atoms with van der Waals surface area (Å²) in [6.45, 7) is 9.16. The van der Waals surface area contributed by atoms with Crippen LogP contribution in [0.2, 0.25) is 0 Å². The highest BCUT2D eigenvalue weighted by Gasteiger charge is 2.30. The summed E-state index contributed by atoms with van der Waals surface area (Å²) in [6, 6.07) is 28.0. The Kier molecular flexibility index (Phi) is 9.66. The van der Waals surface area contributed by atoms with Crippen LogP contribution in [0.25, 0.3) is 0 Å². The first-order chi connectivity index (χ1) is 16.9. The van der Waals surface area contributed by atoms with E-state index in [4.69, 9.17) is 0 Å².